The number of hydrazine groups is 1. The van der Waals surface area contributed by atoms with E-state index in [0.29, 0.717) is 17.7 Å². The van der Waals surface area contributed by atoms with Gasteiger partial charge in [0, 0.05) is 19.6 Å². The van der Waals surface area contributed by atoms with Gasteiger partial charge in [-0.15, -0.1) is 0 Å². The van der Waals surface area contributed by atoms with Gasteiger partial charge in [0.05, 0.1) is 0 Å². The summed E-state index contributed by atoms with van der Waals surface area (Å²) in [5, 5.41) is 6.83. The van der Waals surface area contributed by atoms with E-state index in [1.165, 1.54) is 0 Å². The van der Waals surface area contributed by atoms with Crippen LogP contribution in [-0.2, 0) is 15.1 Å². The van der Waals surface area contributed by atoms with Crippen molar-refractivity contribution < 1.29 is 14.3 Å². The fraction of sp³-hybridized carbons (Fsp3) is 0.440. The Balaban J connectivity index is 2.16. The van der Waals surface area contributed by atoms with E-state index in [4.69, 9.17) is 4.74 Å². The Morgan fingerprint density at radius 3 is 1.84 bits per heavy atom. The van der Waals surface area contributed by atoms with E-state index < -0.39 is 17.2 Å². The van der Waals surface area contributed by atoms with Crippen LogP contribution in [0.1, 0.15) is 51.7 Å². The number of nitrogens with one attached hydrogen (secondary N) is 1. The van der Waals surface area contributed by atoms with Crippen molar-refractivity contribution in [3.05, 3.63) is 71.8 Å². The third-order valence-electron chi connectivity index (χ3n) is 5.38. The maximum atomic E-state index is 14.3. The molecule has 2 amide bonds. The van der Waals surface area contributed by atoms with E-state index in [0.717, 1.165) is 25.9 Å². The minimum atomic E-state index is -1.41. The molecule has 0 aromatic heterocycles. The standard InChI is InChI=1S/C25H33N3O3/c1-5-28(27-18-12-13-19-27)22(29)25(20-14-8-6-9-15-20,21-16-10-7-11-17-21)26-23(30)31-24(2,3)4/h6-11,14-17H,5,12-13,18-19H2,1-4H3,(H,26,30). The van der Waals surface area contributed by atoms with Gasteiger partial charge >= 0.3 is 6.09 Å². The predicted molar refractivity (Wildman–Crippen MR) is 121 cm³/mol. The molecule has 2 aromatic rings. The van der Waals surface area contributed by atoms with Crippen LogP contribution in [0.4, 0.5) is 4.79 Å². The molecule has 1 fully saturated rings. The third-order valence-corrected chi connectivity index (χ3v) is 5.38. The molecule has 1 heterocycles. The number of amides is 2. The number of carbonyl (C=O) groups excluding carboxylic acids is 2. The monoisotopic (exact) mass is 423 g/mol. The molecule has 0 aliphatic carbocycles. The molecular formula is C25H33N3O3. The SMILES string of the molecule is CCN(C(=O)C(NC(=O)OC(C)(C)C)(c1ccccc1)c1ccccc1)N1CCCC1. The first-order valence-corrected chi connectivity index (χ1v) is 11.0. The summed E-state index contributed by atoms with van der Waals surface area (Å²) in [6, 6.07) is 18.8. The number of rotatable bonds is 6. The summed E-state index contributed by atoms with van der Waals surface area (Å²) in [4.78, 5) is 27.3. The quantitative estimate of drug-likeness (QED) is 0.752. The molecule has 0 spiro atoms. The van der Waals surface area contributed by atoms with Crippen molar-refractivity contribution in [3.8, 4) is 0 Å². The first-order valence-electron chi connectivity index (χ1n) is 11.0. The van der Waals surface area contributed by atoms with E-state index in [2.05, 4.69) is 10.3 Å². The van der Waals surface area contributed by atoms with Gasteiger partial charge in [-0.2, -0.15) is 0 Å². The van der Waals surface area contributed by atoms with Crippen LogP contribution < -0.4 is 5.32 Å². The second-order valence-electron chi connectivity index (χ2n) is 8.79. The van der Waals surface area contributed by atoms with Crippen molar-refractivity contribution in [1.29, 1.82) is 0 Å². The number of carbonyl (C=O) groups is 2. The maximum absolute atomic E-state index is 14.3. The lowest BCUT2D eigenvalue weighted by atomic mass is 9.81. The molecule has 1 aliphatic heterocycles. The second kappa shape index (κ2) is 9.52. The summed E-state index contributed by atoms with van der Waals surface area (Å²) >= 11 is 0. The largest absolute Gasteiger partial charge is 0.444 e. The molecule has 166 valence electrons. The fourth-order valence-corrected chi connectivity index (χ4v) is 4.05. The molecule has 2 aromatic carbocycles. The van der Waals surface area contributed by atoms with Gasteiger partial charge in [-0.25, -0.2) is 9.80 Å². The first kappa shape index (κ1) is 22.8. The van der Waals surface area contributed by atoms with Crippen LogP contribution in [0.15, 0.2) is 60.7 Å². The maximum Gasteiger partial charge on any atom is 0.409 e. The number of hydrogen-bond donors (Lipinski definition) is 1. The number of ether oxygens (including phenoxy) is 1. The highest BCUT2D eigenvalue weighted by Crippen LogP contribution is 2.33. The predicted octanol–water partition coefficient (Wildman–Crippen LogP) is 4.31. The zero-order valence-electron chi connectivity index (χ0n) is 18.9. The normalized spacial score (nSPS) is 14.8. The Hall–Kier alpha value is -2.86. The highest BCUT2D eigenvalue weighted by Gasteiger charge is 2.48. The molecule has 6 nitrogen and oxygen atoms in total. The number of likely N-dealkylation sites (N-methyl/N-ethyl adjacent to an activating group) is 1. The van der Waals surface area contributed by atoms with Crippen molar-refractivity contribution in [2.24, 2.45) is 0 Å². The summed E-state index contributed by atoms with van der Waals surface area (Å²) in [5.74, 6) is -0.194. The second-order valence-corrected chi connectivity index (χ2v) is 8.79. The van der Waals surface area contributed by atoms with Gasteiger partial charge < -0.3 is 4.74 Å². The molecule has 1 saturated heterocycles. The van der Waals surface area contributed by atoms with Crippen molar-refractivity contribution in [2.45, 2.75) is 51.7 Å². The van der Waals surface area contributed by atoms with Gasteiger partial charge in [-0.1, -0.05) is 60.7 Å². The van der Waals surface area contributed by atoms with Gasteiger partial charge in [0.2, 0.25) is 0 Å². The molecule has 0 unspecified atom stereocenters. The summed E-state index contributed by atoms with van der Waals surface area (Å²) in [6.45, 7) is 9.55. The van der Waals surface area contributed by atoms with Crippen LogP contribution in [0.5, 0.6) is 0 Å². The zero-order valence-corrected chi connectivity index (χ0v) is 18.9. The lowest BCUT2D eigenvalue weighted by Crippen LogP contribution is -2.61. The molecule has 3 rings (SSSR count). The summed E-state index contributed by atoms with van der Waals surface area (Å²) in [6.07, 6.45) is 1.46. The van der Waals surface area contributed by atoms with Gasteiger partial charge in [-0.3, -0.25) is 15.1 Å². The lowest BCUT2D eigenvalue weighted by Gasteiger charge is -2.41. The Kier molecular flexibility index (Phi) is 7.01. The Labute approximate surface area is 185 Å². The van der Waals surface area contributed by atoms with E-state index in [1.54, 1.807) is 5.01 Å². The number of alkyl carbamates (subject to hydrolysis) is 1. The molecule has 31 heavy (non-hydrogen) atoms. The number of benzene rings is 2. The molecule has 0 saturated carbocycles. The number of nitrogens with zero attached hydrogens (tertiary/aromatic N) is 2. The smallest absolute Gasteiger partial charge is 0.409 e. The molecule has 0 bridgehead atoms. The molecular weight excluding hydrogens is 390 g/mol. The molecule has 6 heteroatoms. The van der Waals surface area contributed by atoms with Gasteiger partial charge in [0.15, 0.2) is 5.54 Å². The molecule has 1 N–H and O–H groups in total. The molecule has 1 aliphatic rings. The summed E-state index contributed by atoms with van der Waals surface area (Å²) < 4.78 is 5.59. The first-order chi connectivity index (χ1) is 14.8. The highest BCUT2D eigenvalue weighted by molar-refractivity contribution is 5.94. The number of hydrogen-bond acceptors (Lipinski definition) is 4. The van der Waals surface area contributed by atoms with E-state index >= 15 is 0 Å². The van der Waals surface area contributed by atoms with Crippen LogP contribution in [-0.4, -0.2) is 47.3 Å². The fourth-order valence-electron chi connectivity index (χ4n) is 4.05. The van der Waals surface area contributed by atoms with Crippen LogP contribution >= 0.6 is 0 Å². The average Bonchev–Trinajstić information content (AvgIpc) is 3.27. The topological polar surface area (TPSA) is 61.9 Å². The van der Waals surface area contributed by atoms with Gasteiger partial charge in [-0.05, 0) is 51.7 Å². The van der Waals surface area contributed by atoms with Crippen molar-refractivity contribution in [2.75, 3.05) is 19.6 Å². The minimum absolute atomic E-state index is 0.194. The van der Waals surface area contributed by atoms with Crippen LogP contribution in [0.3, 0.4) is 0 Å². The van der Waals surface area contributed by atoms with Crippen molar-refractivity contribution >= 4 is 12.0 Å². The Morgan fingerprint density at radius 1 is 0.935 bits per heavy atom. The Bertz CT molecular complexity index is 832. The molecule has 0 atom stereocenters. The van der Waals surface area contributed by atoms with E-state index in [-0.39, 0.29) is 5.91 Å². The molecule has 0 radical (unpaired) electrons. The average molecular weight is 424 g/mol. The van der Waals surface area contributed by atoms with Crippen LogP contribution in [0.25, 0.3) is 0 Å². The van der Waals surface area contributed by atoms with Crippen molar-refractivity contribution in [1.82, 2.24) is 15.3 Å². The summed E-state index contributed by atoms with van der Waals surface area (Å²) in [7, 11) is 0. The van der Waals surface area contributed by atoms with Crippen LogP contribution in [0.2, 0.25) is 0 Å². The summed E-state index contributed by atoms with van der Waals surface area (Å²) in [5.41, 5.74) is -0.723. The van der Waals surface area contributed by atoms with E-state index in [9.17, 15) is 9.59 Å². The lowest BCUT2D eigenvalue weighted by molar-refractivity contribution is -0.153. The van der Waals surface area contributed by atoms with E-state index in [1.807, 2.05) is 88.4 Å². The third kappa shape index (κ3) is 5.07. The van der Waals surface area contributed by atoms with Crippen LogP contribution in [0, 0.1) is 0 Å². The zero-order chi connectivity index (χ0) is 22.5. The Morgan fingerprint density at radius 2 is 1.42 bits per heavy atom. The minimum Gasteiger partial charge on any atom is -0.444 e. The van der Waals surface area contributed by atoms with Crippen molar-refractivity contribution in [3.63, 3.8) is 0 Å². The van der Waals surface area contributed by atoms with Gasteiger partial charge in [0.25, 0.3) is 5.91 Å². The van der Waals surface area contributed by atoms with Gasteiger partial charge in [0.1, 0.15) is 5.60 Å². The highest BCUT2D eigenvalue weighted by atomic mass is 16.6.